The molecule has 3 aromatic rings. The molecular formula is C19H16FN3OS. The first-order chi connectivity index (χ1) is 12.2. The summed E-state index contributed by atoms with van der Waals surface area (Å²) in [5.74, 6) is 0.313. The third-order valence-electron chi connectivity index (χ3n) is 4.22. The molecule has 4 rings (SSSR count). The van der Waals surface area contributed by atoms with Crippen molar-refractivity contribution in [1.82, 2.24) is 15.5 Å². The van der Waals surface area contributed by atoms with Crippen LogP contribution in [-0.4, -0.2) is 21.9 Å². The van der Waals surface area contributed by atoms with Crippen molar-refractivity contribution in [2.45, 2.75) is 17.4 Å². The van der Waals surface area contributed by atoms with Crippen molar-refractivity contribution in [3.05, 3.63) is 71.7 Å². The molecule has 0 fully saturated rings. The Labute approximate surface area is 148 Å². The van der Waals surface area contributed by atoms with Crippen molar-refractivity contribution in [2.24, 2.45) is 0 Å². The highest BCUT2D eigenvalue weighted by Gasteiger charge is 2.25. The number of aromatic amines is 1. The summed E-state index contributed by atoms with van der Waals surface area (Å²) in [7, 11) is 0. The summed E-state index contributed by atoms with van der Waals surface area (Å²) < 4.78 is 13.9. The van der Waals surface area contributed by atoms with Crippen LogP contribution in [0.3, 0.4) is 0 Å². The summed E-state index contributed by atoms with van der Waals surface area (Å²) in [6.07, 6.45) is 0.770. The van der Waals surface area contributed by atoms with Gasteiger partial charge in [0, 0.05) is 16.2 Å². The third kappa shape index (κ3) is 3.17. The Bertz CT molecular complexity index is 910. The van der Waals surface area contributed by atoms with E-state index >= 15 is 0 Å². The summed E-state index contributed by atoms with van der Waals surface area (Å²) in [5.41, 5.74) is 2.90. The predicted molar refractivity (Wildman–Crippen MR) is 96.0 cm³/mol. The van der Waals surface area contributed by atoms with Gasteiger partial charge in [-0.25, -0.2) is 4.39 Å². The minimum absolute atomic E-state index is 0.192. The van der Waals surface area contributed by atoms with Gasteiger partial charge >= 0.3 is 0 Å². The van der Waals surface area contributed by atoms with Gasteiger partial charge in [0.05, 0.1) is 11.7 Å². The van der Waals surface area contributed by atoms with Gasteiger partial charge in [0.2, 0.25) is 0 Å². The van der Waals surface area contributed by atoms with E-state index in [4.69, 9.17) is 0 Å². The van der Waals surface area contributed by atoms with Crippen molar-refractivity contribution < 1.29 is 9.18 Å². The maximum atomic E-state index is 13.9. The van der Waals surface area contributed by atoms with Crippen LogP contribution in [0.1, 0.15) is 28.5 Å². The van der Waals surface area contributed by atoms with Crippen LogP contribution in [0.4, 0.5) is 4.39 Å². The molecule has 2 aromatic carbocycles. The fourth-order valence-electron chi connectivity index (χ4n) is 2.97. The Morgan fingerprint density at radius 2 is 2.04 bits per heavy atom. The molecule has 0 saturated carbocycles. The van der Waals surface area contributed by atoms with Crippen LogP contribution in [-0.2, 0) is 0 Å². The molecule has 0 radical (unpaired) electrons. The van der Waals surface area contributed by atoms with Gasteiger partial charge in [-0.3, -0.25) is 9.89 Å². The molecule has 2 heterocycles. The monoisotopic (exact) mass is 353 g/mol. The molecule has 1 atom stereocenters. The SMILES string of the molecule is O=C(NC1CCSc2c(F)cccc21)c1cc(-c2ccccc2)n[nH]1. The number of thioether (sulfide) groups is 1. The molecular weight excluding hydrogens is 337 g/mol. The zero-order valence-electron chi connectivity index (χ0n) is 13.3. The van der Waals surface area contributed by atoms with E-state index in [1.807, 2.05) is 36.4 Å². The molecule has 0 bridgehead atoms. The molecule has 1 aliphatic rings. The number of amides is 1. The highest BCUT2D eigenvalue weighted by atomic mass is 32.2. The van der Waals surface area contributed by atoms with Crippen molar-refractivity contribution in [2.75, 3.05) is 5.75 Å². The number of fused-ring (bicyclic) bond motifs is 1. The zero-order valence-corrected chi connectivity index (χ0v) is 14.1. The van der Waals surface area contributed by atoms with Crippen molar-refractivity contribution >= 4 is 17.7 Å². The number of nitrogens with zero attached hydrogens (tertiary/aromatic N) is 1. The number of benzene rings is 2. The summed E-state index contributed by atoms with van der Waals surface area (Å²) in [5, 5.41) is 9.99. The summed E-state index contributed by atoms with van der Waals surface area (Å²) >= 11 is 1.50. The minimum Gasteiger partial charge on any atom is -0.344 e. The smallest absolute Gasteiger partial charge is 0.269 e. The molecule has 1 aromatic heterocycles. The number of aromatic nitrogens is 2. The average molecular weight is 353 g/mol. The lowest BCUT2D eigenvalue weighted by atomic mass is 10.0. The van der Waals surface area contributed by atoms with Gasteiger partial charge in [0.15, 0.2) is 0 Å². The normalized spacial score (nSPS) is 16.3. The molecule has 1 unspecified atom stereocenters. The van der Waals surface area contributed by atoms with E-state index in [-0.39, 0.29) is 17.8 Å². The molecule has 126 valence electrons. The van der Waals surface area contributed by atoms with Crippen LogP contribution in [0.15, 0.2) is 59.5 Å². The van der Waals surface area contributed by atoms with E-state index in [1.54, 1.807) is 12.1 Å². The Hall–Kier alpha value is -2.60. The molecule has 2 N–H and O–H groups in total. The fraction of sp³-hybridized carbons (Fsp3) is 0.158. The van der Waals surface area contributed by atoms with Crippen LogP contribution >= 0.6 is 11.8 Å². The second-order valence-electron chi connectivity index (χ2n) is 5.85. The Morgan fingerprint density at radius 1 is 1.20 bits per heavy atom. The topological polar surface area (TPSA) is 57.8 Å². The molecule has 0 aliphatic carbocycles. The van der Waals surface area contributed by atoms with E-state index in [0.29, 0.717) is 10.6 Å². The van der Waals surface area contributed by atoms with Gasteiger partial charge in [-0.05, 0) is 24.1 Å². The summed E-state index contributed by atoms with van der Waals surface area (Å²) in [6.45, 7) is 0. The highest BCUT2D eigenvalue weighted by molar-refractivity contribution is 7.99. The number of rotatable bonds is 3. The van der Waals surface area contributed by atoms with E-state index < -0.39 is 0 Å². The highest BCUT2D eigenvalue weighted by Crippen LogP contribution is 2.37. The van der Waals surface area contributed by atoms with Crippen molar-refractivity contribution in [3.63, 3.8) is 0 Å². The van der Waals surface area contributed by atoms with Gasteiger partial charge in [-0.2, -0.15) is 5.10 Å². The zero-order chi connectivity index (χ0) is 17.2. The first-order valence-electron chi connectivity index (χ1n) is 8.05. The standard InChI is InChI=1S/C19H16FN3OS/c20-14-8-4-7-13-15(9-10-25-18(13)14)21-19(24)17-11-16(22-23-17)12-5-2-1-3-6-12/h1-8,11,15H,9-10H2,(H,21,24)(H,22,23). The largest absolute Gasteiger partial charge is 0.344 e. The van der Waals surface area contributed by atoms with E-state index in [0.717, 1.165) is 29.0 Å². The molecule has 1 aliphatic heterocycles. The van der Waals surface area contributed by atoms with Crippen LogP contribution < -0.4 is 5.32 Å². The van der Waals surface area contributed by atoms with Crippen molar-refractivity contribution in [1.29, 1.82) is 0 Å². The number of nitrogens with one attached hydrogen (secondary N) is 2. The van der Waals surface area contributed by atoms with E-state index in [2.05, 4.69) is 15.5 Å². The van der Waals surface area contributed by atoms with Crippen LogP contribution in [0.2, 0.25) is 0 Å². The van der Waals surface area contributed by atoms with Gasteiger partial charge < -0.3 is 5.32 Å². The molecule has 6 heteroatoms. The minimum atomic E-state index is -0.234. The van der Waals surface area contributed by atoms with Crippen molar-refractivity contribution in [3.8, 4) is 11.3 Å². The molecule has 1 amide bonds. The van der Waals surface area contributed by atoms with Crippen LogP contribution in [0, 0.1) is 5.82 Å². The molecule has 0 saturated heterocycles. The van der Waals surface area contributed by atoms with Gasteiger partial charge in [0.1, 0.15) is 11.5 Å². The first kappa shape index (κ1) is 15.9. The Kier molecular flexibility index (Phi) is 4.28. The maximum absolute atomic E-state index is 13.9. The molecule has 0 spiro atoms. The van der Waals surface area contributed by atoms with E-state index in [1.165, 1.54) is 17.8 Å². The Morgan fingerprint density at radius 3 is 2.88 bits per heavy atom. The third-order valence-corrected chi connectivity index (χ3v) is 5.38. The predicted octanol–water partition coefficient (Wildman–Crippen LogP) is 4.18. The Balaban J connectivity index is 1.54. The van der Waals surface area contributed by atoms with E-state index in [9.17, 15) is 9.18 Å². The lowest BCUT2D eigenvalue weighted by molar-refractivity contribution is 0.0929. The second-order valence-corrected chi connectivity index (χ2v) is 6.96. The van der Waals surface area contributed by atoms with Gasteiger partial charge in [-0.1, -0.05) is 42.5 Å². The first-order valence-corrected chi connectivity index (χ1v) is 9.04. The summed E-state index contributed by atoms with van der Waals surface area (Å²) in [6, 6.07) is 16.2. The van der Waals surface area contributed by atoms with Gasteiger partial charge in [0.25, 0.3) is 5.91 Å². The lowest BCUT2D eigenvalue weighted by Crippen LogP contribution is -2.31. The second kappa shape index (κ2) is 6.72. The number of hydrogen-bond donors (Lipinski definition) is 2. The lowest BCUT2D eigenvalue weighted by Gasteiger charge is -2.25. The number of hydrogen-bond acceptors (Lipinski definition) is 3. The van der Waals surface area contributed by atoms with Crippen LogP contribution in [0.25, 0.3) is 11.3 Å². The number of carbonyl (C=O) groups excluding carboxylic acids is 1. The number of halogens is 1. The maximum Gasteiger partial charge on any atom is 0.269 e. The van der Waals surface area contributed by atoms with Gasteiger partial charge in [-0.15, -0.1) is 11.8 Å². The summed E-state index contributed by atoms with van der Waals surface area (Å²) in [4.78, 5) is 13.2. The number of carbonyl (C=O) groups is 1. The fourth-order valence-corrected chi connectivity index (χ4v) is 4.11. The van der Waals surface area contributed by atoms with Crippen LogP contribution in [0.5, 0.6) is 0 Å². The molecule has 4 nitrogen and oxygen atoms in total. The number of H-pyrrole nitrogens is 1. The average Bonchev–Trinajstić information content (AvgIpc) is 3.14. The quantitative estimate of drug-likeness (QED) is 0.742. The molecule has 25 heavy (non-hydrogen) atoms.